The molecule has 0 radical (unpaired) electrons. The van der Waals surface area contributed by atoms with Crippen LogP contribution in [0.5, 0.6) is 5.75 Å². The van der Waals surface area contributed by atoms with Crippen LogP contribution in [0.4, 0.5) is 0 Å². The molecule has 1 aromatic carbocycles. The van der Waals surface area contributed by atoms with Gasteiger partial charge in [-0.15, -0.1) is 0 Å². The molecule has 1 aliphatic carbocycles. The van der Waals surface area contributed by atoms with Gasteiger partial charge < -0.3 is 20.3 Å². The fourth-order valence-corrected chi connectivity index (χ4v) is 4.64. The third-order valence-electron chi connectivity index (χ3n) is 6.45. The Labute approximate surface area is 171 Å². The van der Waals surface area contributed by atoms with Crippen LogP contribution in [-0.2, 0) is 9.59 Å². The summed E-state index contributed by atoms with van der Waals surface area (Å²) in [5, 5.41) is 6.07. The summed E-state index contributed by atoms with van der Waals surface area (Å²) < 4.78 is 6.14. The second-order valence-electron chi connectivity index (χ2n) is 8.55. The van der Waals surface area contributed by atoms with Crippen molar-refractivity contribution in [3.63, 3.8) is 0 Å². The summed E-state index contributed by atoms with van der Waals surface area (Å²) in [5.74, 6) is 0.650. The van der Waals surface area contributed by atoms with Gasteiger partial charge in [-0.25, -0.2) is 0 Å². The van der Waals surface area contributed by atoms with Crippen LogP contribution in [0.3, 0.4) is 0 Å². The zero-order valence-electron chi connectivity index (χ0n) is 16.9. The van der Waals surface area contributed by atoms with Gasteiger partial charge in [0.25, 0.3) is 5.91 Å². The van der Waals surface area contributed by atoms with Crippen LogP contribution in [0, 0.1) is 5.92 Å². The van der Waals surface area contributed by atoms with Gasteiger partial charge in [0.05, 0.1) is 12.1 Å². The number of ether oxygens (including phenoxy) is 1. The van der Waals surface area contributed by atoms with Gasteiger partial charge in [0, 0.05) is 31.8 Å². The lowest BCUT2D eigenvalue weighted by Crippen LogP contribution is -2.56. The fourth-order valence-electron chi connectivity index (χ4n) is 4.64. The maximum Gasteiger partial charge on any atom is 0.258 e. The highest BCUT2D eigenvalue weighted by Crippen LogP contribution is 2.33. The van der Waals surface area contributed by atoms with Gasteiger partial charge in [-0.1, -0.05) is 31.9 Å². The molecule has 1 saturated heterocycles. The first-order chi connectivity index (χ1) is 14.0. The number of fused-ring (bicyclic) bond motifs is 1. The van der Waals surface area contributed by atoms with Crippen LogP contribution in [0.1, 0.15) is 62.2 Å². The molecule has 0 bridgehead atoms. The minimum Gasteiger partial charge on any atom is -0.467 e. The van der Waals surface area contributed by atoms with Crippen LogP contribution in [0.15, 0.2) is 24.3 Å². The predicted octanol–water partition coefficient (Wildman–Crippen LogP) is 2.21. The van der Waals surface area contributed by atoms with Gasteiger partial charge in [-0.3, -0.25) is 14.4 Å². The van der Waals surface area contributed by atoms with E-state index in [4.69, 9.17) is 4.74 Å². The third-order valence-corrected chi connectivity index (χ3v) is 6.45. The van der Waals surface area contributed by atoms with Crippen molar-refractivity contribution in [1.82, 2.24) is 15.5 Å². The number of carbonyl (C=O) groups excluding carboxylic acids is 3. The highest BCUT2D eigenvalue weighted by atomic mass is 16.5. The molecule has 2 heterocycles. The average molecular weight is 399 g/mol. The molecule has 3 aliphatic rings. The van der Waals surface area contributed by atoms with E-state index in [1.807, 2.05) is 6.07 Å². The maximum atomic E-state index is 12.6. The Bertz CT molecular complexity index is 811. The molecule has 0 aromatic heterocycles. The number of rotatable bonds is 3. The van der Waals surface area contributed by atoms with Crippen molar-refractivity contribution in [2.24, 2.45) is 5.92 Å². The summed E-state index contributed by atoms with van der Waals surface area (Å²) in [6, 6.07) is 7.32. The molecule has 156 valence electrons. The molecule has 1 aromatic rings. The summed E-state index contributed by atoms with van der Waals surface area (Å²) in [6.45, 7) is 2.60. The predicted molar refractivity (Wildman–Crippen MR) is 107 cm³/mol. The van der Waals surface area contributed by atoms with E-state index >= 15 is 0 Å². The van der Waals surface area contributed by atoms with Crippen molar-refractivity contribution in [3.8, 4) is 5.75 Å². The molecule has 2 aliphatic heterocycles. The largest absolute Gasteiger partial charge is 0.467 e. The lowest BCUT2D eigenvalue weighted by molar-refractivity contribution is -0.136. The molecule has 3 amide bonds. The van der Waals surface area contributed by atoms with Crippen molar-refractivity contribution in [3.05, 3.63) is 29.8 Å². The normalized spacial score (nSPS) is 29.5. The zero-order valence-corrected chi connectivity index (χ0v) is 16.9. The smallest absolute Gasteiger partial charge is 0.258 e. The number of hydrogen-bond donors (Lipinski definition) is 2. The Balaban J connectivity index is 1.39. The first-order valence-corrected chi connectivity index (χ1v) is 10.6. The SMILES string of the molecule is CC1CCCCC1NC(=O)CN1CCC2(CCC1=O)NC(=O)c1ccccc1O2. The van der Waals surface area contributed by atoms with E-state index in [0.717, 1.165) is 19.3 Å². The van der Waals surface area contributed by atoms with E-state index in [1.54, 1.807) is 23.1 Å². The quantitative estimate of drug-likeness (QED) is 0.816. The van der Waals surface area contributed by atoms with Crippen molar-refractivity contribution >= 4 is 17.7 Å². The lowest BCUT2D eigenvalue weighted by Gasteiger charge is -2.38. The van der Waals surface area contributed by atoms with Gasteiger partial charge in [0.1, 0.15) is 5.75 Å². The van der Waals surface area contributed by atoms with E-state index in [9.17, 15) is 14.4 Å². The fraction of sp³-hybridized carbons (Fsp3) is 0.591. The molecule has 2 N–H and O–H groups in total. The molecule has 29 heavy (non-hydrogen) atoms. The zero-order chi connectivity index (χ0) is 20.4. The molecule has 7 nitrogen and oxygen atoms in total. The summed E-state index contributed by atoms with van der Waals surface area (Å²) in [4.78, 5) is 39.3. The Morgan fingerprint density at radius 2 is 2.03 bits per heavy atom. The second kappa shape index (κ2) is 8.05. The minimum absolute atomic E-state index is 0.0582. The molecule has 4 rings (SSSR count). The Kier molecular flexibility index (Phi) is 5.48. The second-order valence-corrected chi connectivity index (χ2v) is 8.55. The molecular formula is C22H29N3O4. The van der Waals surface area contributed by atoms with Crippen LogP contribution in [-0.4, -0.2) is 47.5 Å². The van der Waals surface area contributed by atoms with Crippen molar-refractivity contribution in [2.45, 2.75) is 63.6 Å². The van der Waals surface area contributed by atoms with E-state index in [0.29, 0.717) is 36.6 Å². The van der Waals surface area contributed by atoms with Gasteiger partial charge in [-0.05, 0) is 30.9 Å². The van der Waals surface area contributed by atoms with E-state index in [2.05, 4.69) is 17.6 Å². The molecule has 3 atom stereocenters. The number of amides is 3. The van der Waals surface area contributed by atoms with E-state index < -0.39 is 5.72 Å². The standard InChI is InChI=1S/C22H29N3O4/c1-15-6-2-4-8-17(15)23-19(26)14-25-13-12-22(11-10-20(25)27)24-21(28)16-7-3-5-9-18(16)29-22/h3,5,7,9,15,17H,2,4,6,8,10-14H2,1H3,(H,23,26)(H,24,28). The molecule has 3 unspecified atom stereocenters. The van der Waals surface area contributed by atoms with Crippen LogP contribution >= 0.6 is 0 Å². The highest BCUT2D eigenvalue weighted by Gasteiger charge is 2.42. The summed E-state index contributed by atoms with van der Waals surface area (Å²) in [7, 11) is 0. The summed E-state index contributed by atoms with van der Waals surface area (Å²) in [5.41, 5.74) is -0.393. The maximum absolute atomic E-state index is 12.6. The van der Waals surface area contributed by atoms with Gasteiger partial charge >= 0.3 is 0 Å². The molecule has 1 spiro atoms. The Morgan fingerprint density at radius 1 is 1.24 bits per heavy atom. The van der Waals surface area contributed by atoms with Crippen LogP contribution in [0.25, 0.3) is 0 Å². The van der Waals surface area contributed by atoms with E-state index in [-0.39, 0.29) is 36.7 Å². The number of nitrogens with one attached hydrogen (secondary N) is 2. The van der Waals surface area contributed by atoms with Gasteiger partial charge in [-0.2, -0.15) is 0 Å². The van der Waals surface area contributed by atoms with Crippen LogP contribution < -0.4 is 15.4 Å². The highest BCUT2D eigenvalue weighted by molar-refractivity contribution is 5.98. The minimum atomic E-state index is -0.899. The van der Waals surface area contributed by atoms with Crippen molar-refractivity contribution < 1.29 is 19.1 Å². The van der Waals surface area contributed by atoms with Crippen molar-refractivity contribution in [1.29, 1.82) is 0 Å². The number of benzene rings is 1. The summed E-state index contributed by atoms with van der Waals surface area (Å²) in [6.07, 6.45) is 5.57. The molecule has 7 heteroatoms. The first kappa shape index (κ1) is 19.7. The van der Waals surface area contributed by atoms with Crippen LogP contribution in [0.2, 0.25) is 0 Å². The lowest BCUT2D eigenvalue weighted by atomic mass is 9.86. The molecular weight excluding hydrogens is 370 g/mol. The number of likely N-dealkylation sites (tertiary alicyclic amines) is 1. The number of carbonyl (C=O) groups is 3. The summed E-state index contributed by atoms with van der Waals surface area (Å²) >= 11 is 0. The van der Waals surface area contributed by atoms with Gasteiger partial charge in [0.2, 0.25) is 11.8 Å². The first-order valence-electron chi connectivity index (χ1n) is 10.6. The number of nitrogens with zero attached hydrogens (tertiary/aromatic N) is 1. The molecule has 1 saturated carbocycles. The molecule has 2 fully saturated rings. The topological polar surface area (TPSA) is 87.7 Å². The average Bonchev–Trinajstić information content (AvgIpc) is 2.84. The number of hydrogen-bond acceptors (Lipinski definition) is 4. The Hall–Kier alpha value is -2.57. The monoisotopic (exact) mass is 399 g/mol. The van der Waals surface area contributed by atoms with E-state index in [1.165, 1.54) is 6.42 Å². The number of para-hydroxylation sites is 1. The third kappa shape index (κ3) is 4.23. The van der Waals surface area contributed by atoms with Crippen molar-refractivity contribution in [2.75, 3.05) is 13.1 Å². The Morgan fingerprint density at radius 3 is 2.86 bits per heavy atom. The van der Waals surface area contributed by atoms with Gasteiger partial charge in [0.15, 0.2) is 5.72 Å².